The summed E-state index contributed by atoms with van der Waals surface area (Å²) >= 11 is 0. The molecule has 0 saturated carbocycles. The molecule has 0 spiro atoms. The predicted molar refractivity (Wildman–Crippen MR) is 225 cm³/mol. The van der Waals surface area contributed by atoms with Crippen molar-refractivity contribution in [2.45, 2.75) is 135 Å². The largest absolute Gasteiger partial charge is 0.481 e. The molecule has 17 heteroatoms. The number of aliphatic carboxylic acids is 2. The molecule has 4 N–H and O–H groups in total. The number of Topliss-reactive ketones (excluding diaryl/α,β-unsaturated/α-hetero) is 1. The minimum atomic E-state index is -1.16. The Balaban J connectivity index is 3.48. The van der Waals surface area contributed by atoms with E-state index < -0.39 is 18.0 Å². The smallest absolute Gasteiger partial charge is 0.326 e. The number of carboxylic acids is 2. The van der Waals surface area contributed by atoms with Crippen molar-refractivity contribution in [2.24, 2.45) is 0 Å². The summed E-state index contributed by atoms with van der Waals surface area (Å²) in [6.07, 6.45) is 16.2. The van der Waals surface area contributed by atoms with Gasteiger partial charge in [0.1, 0.15) is 11.8 Å². The zero-order valence-corrected chi connectivity index (χ0v) is 36.7. The Bertz CT molecular complexity index is 1040. The van der Waals surface area contributed by atoms with Crippen LogP contribution in [0.3, 0.4) is 0 Å². The van der Waals surface area contributed by atoms with Gasteiger partial charge in [-0.15, -0.1) is 0 Å². The number of unbranched alkanes of at least 4 members (excludes halogenated alkanes) is 13. The van der Waals surface area contributed by atoms with Gasteiger partial charge in [-0.1, -0.05) is 77.0 Å². The van der Waals surface area contributed by atoms with E-state index in [9.17, 15) is 29.1 Å². The third kappa shape index (κ3) is 46.3. The maximum absolute atomic E-state index is 12.3. The lowest BCUT2D eigenvalue weighted by Gasteiger charge is -2.14. The van der Waals surface area contributed by atoms with Crippen molar-refractivity contribution in [1.82, 2.24) is 10.6 Å². The van der Waals surface area contributed by atoms with Crippen molar-refractivity contribution in [3.63, 3.8) is 0 Å². The van der Waals surface area contributed by atoms with Crippen molar-refractivity contribution >= 4 is 29.5 Å². The number of ether oxygens (including phenoxy) is 8. The van der Waals surface area contributed by atoms with Gasteiger partial charge in [0.05, 0.1) is 106 Å². The van der Waals surface area contributed by atoms with Gasteiger partial charge in [-0.3, -0.25) is 19.2 Å². The average Bonchev–Trinajstić information content (AvgIpc) is 3.21. The van der Waals surface area contributed by atoms with E-state index in [1.165, 1.54) is 51.9 Å². The van der Waals surface area contributed by atoms with Crippen molar-refractivity contribution in [2.75, 3.05) is 112 Å². The first-order valence-corrected chi connectivity index (χ1v) is 22.3. The van der Waals surface area contributed by atoms with Crippen LogP contribution in [0.1, 0.15) is 129 Å². The van der Waals surface area contributed by atoms with Gasteiger partial charge in [0.15, 0.2) is 0 Å². The molecule has 0 aromatic rings. The quantitative estimate of drug-likeness (QED) is 0.0598. The fourth-order valence-electron chi connectivity index (χ4n) is 5.69. The number of amides is 2. The molecule has 0 bridgehead atoms. The molecule has 0 aliphatic heterocycles. The molecule has 0 aromatic heterocycles. The van der Waals surface area contributed by atoms with Gasteiger partial charge in [-0.25, -0.2) is 4.79 Å². The minimum Gasteiger partial charge on any atom is -0.481 e. The second-order valence-electron chi connectivity index (χ2n) is 14.5. The lowest BCUT2D eigenvalue weighted by atomic mass is 10.0. The van der Waals surface area contributed by atoms with Gasteiger partial charge in [-0.05, 0) is 26.2 Å². The van der Waals surface area contributed by atoms with Crippen LogP contribution in [-0.2, 0) is 61.9 Å². The Morgan fingerprint density at radius 2 is 0.733 bits per heavy atom. The molecule has 0 aliphatic rings. The third-order valence-corrected chi connectivity index (χ3v) is 9.11. The van der Waals surface area contributed by atoms with E-state index in [2.05, 4.69) is 10.6 Å². The molecular weight excluding hydrogens is 784 g/mol. The Kier molecular flexibility index (Phi) is 43.6. The van der Waals surface area contributed by atoms with E-state index in [0.29, 0.717) is 112 Å². The Morgan fingerprint density at radius 3 is 1.08 bits per heavy atom. The SMILES string of the molecule is CC(=O)CCOCCOCCOCCOCCOCCOCCOCCOCCNC(=O)CC[C@H](NC(=O)CCCCCCCCCCCCCCCCC(=O)O)C(=O)O. The summed E-state index contributed by atoms with van der Waals surface area (Å²) in [7, 11) is 0. The van der Waals surface area contributed by atoms with Crippen molar-refractivity contribution in [3.8, 4) is 0 Å². The number of rotatable bonds is 49. The molecular formula is C43H80N2O15. The van der Waals surface area contributed by atoms with Crippen LogP contribution in [0.4, 0.5) is 0 Å². The van der Waals surface area contributed by atoms with Crippen LogP contribution < -0.4 is 10.6 Å². The number of carbonyl (C=O) groups is 5. The number of ketones is 1. The Morgan fingerprint density at radius 1 is 0.400 bits per heavy atom. The normalized spacial score (nSPS) is 11.8. The minimum absolute atomic E-state index is 0.00889. The van der Waals surface area contributed by atoms with E-state index in [1.54, 1.807) is 0 Å². The highest BCUT2D eigenvalue weighted by atomic mass is 16.6. The van der Waals surface area contributed by atoms with Gasteiger partial charge in [0, 0.05) is 32.2 Å². The molecule has 1 atom stereocenters. The molecule has 17 nitrogen and oxygen atoms in total. The van der Waals surface area contributed by atoms with Crippen LogP contribution >= 0.6 is 0 Å². The highest BCUT2D eigenvalue weighted by Gasteiger charge is 2.20. The number of nitrogens with one attached hydrogen (secondary N) is 2. The van der Waals surface area contributed by atoms with Crippen LogP contribution in [-0.4, -0.2) is 158 Å². The third-order valence-electron chi connectivity index (χ3n) is 9.11. The standard InChI is InChI=1S/C43H80N2O15/c1-38(46)20-22-53-24-26-55-28-30-57-32-34-59-36-37-60-35-33-58-31-29-56-27-25-54-23-21-44-40(47)19-18-39(43(51)52)45-41(48)16-14-12-10-8-6-4-2-3-5-7-9-11-13-15-17-42(49)50/h39H,2-37H2,1H3,(H,44,47)(H,45,48)(H,49,50)(H,51,52)/t39-/m0/s1. The van der Waals surface area contributed by atoms with E-state index in [1.807, 2.05) is 0 Å². The van der Waals surface area contributed by atoms with Gasteiger partial charge in [0.2, 0.25) is 11.8 Å². The number of carboxylic acid groups (broad SMARTS) is 2. The molecule has 0 radical (unpaired) electrons. The predicted octanol–water partition coefficient (Wildman–Crippen LogP) is 4.89. The number of hydrogen-bond acceptors (Lipinski definition) is 13. The van der Waals surface area contributed by atoms with Crippen molar-refractivity contribution in [1.29, 1.82) is 0 Å². The summed E-state index contributed by atoms with van der Waals surface area (Å²) in [4.78, 5) is 57.5. The van der Waals surface area contributed by atoms with Crippen LogP contribution in [0.2, 0.25) is 0 Å². The molecule has 352 valence electrons. The fraction of sp³-hybridized carbons (Fsp3) is 0.884. The van der Waals surface area contributed by atoms with Crippen LogP contribution in [0, 0.1) is 0 Å². The zero-order chi connectivity index (χ0) is 44.0. The first-order valence-electron chi connectivity index (χ1n) is 22.3. The summed E-state index contributed by atoms with van der Waals surface area (Å²) in [5, 5.41) is 23.4. The molecule has 0 unspecified atom stereocenters. The molecule has 0 aromatic carbocycles. The van der Waals surface area contributed by atoms with Gasteiger partial charge >= 0.3 is 11.9 Å². The number of carbonyl (C=O) groups excluding carboxylic acids is 3. The fourth-order valence-corrected chi connectivity index (χ4v) is 5.69. The second-order valence-corrected chi connectivity index (χ2v) is 14.5. The van der Waals surface area contributed by atoms with E-state index in [0.717, 1.165) is 38.5 Å². The van der Waals surface area contributed by atoms with Gasteiger partial charge < -0.3 is 58.7 Å². The van der Waals surface area contributed by atoms with Crippen molar-refractivity contribution in [3.05, 3.63) is 0 Å². The summed E-state index contributed by atoms with van der Waals surface area (Å²) < 4.78 is 43.4. The zero-order valence-electron chi connectivity index (χ0n) is 36.7. The first kappa shape index (κ1) is 57.2. The lowest BCUT2D eigenvalue weighted by Crippen LogP contribution is -2.41. The second kappa shape index (κ2) is 45.7. The van der Waals surface area contributed by atoms with Crippen LogP contribution in [0.15, 0.2) is 0 Å². The monoisotopic (exact) mass is 865 g/mol. The molecule has 0 fully saturated rings. The van der Waals surface area contributed by atoms with Crippen LogP contribution in [0.5, 0.6) is 0 Å². The number of hydrogen-bond donors (Lipinski definition) is 4. The van der Waals surface area contributed by atoms with E-state index in [4.69, 9.17) is 43.0 Å². The van der Waals surface area contributed by atoms with Crippen LogP contribution in [0.25, 0.3) is 0 Å². The lowest BCUT2D eigenvalue weighted by molar-refractivity contribution is -0.142. The van der Waals surface area contributed by atoms with E-state index in [-0.39, 0.29) is 56.4 Å². The van der Waals surface area contributed by atoms with Crippen molar-refractivity contribution < 1.29 is 72.1 Å². The Labute approximate surface area is 358 Å². The highest BCUT2D eigenvalue weighted by molar-refractivity contribution is 5.84. The molecule has 0 aliphatic carbocycles. The Hall–Kier alpha value is -2.77. The van der Waals surface area contributed by atoms with Gasteiger partial charge in [0.25, 0.3) is 0 Å². The van der Waals surface area contributed by atoms with E-state index >= 15 is 0 Å². The topological polar surface area (TPSA) is 224 Å². The molecule has 2 amide bonds. The molecule has 0 heterocycles. The summed E-state index contributed by atoms with van der Waals surface area (Å²) in [6, 6.07) is -1.11. The average molecular weight is 865 g/mol. The summed E-state index contributed by atoms with van der Waals surface area (Å²) in [6.45, 7) is 8.70. The molecule has 0 rings (SSSR count). The molecule has 0 saturated heterocycles. The van der Waals surface area contributed by atoms with Gasteiger partial charge in [-0.2, -0.15) is 0 Å². The highest BCUT2D eigenvalue weighted by Crippen LogP contribution is 2.14. The first-order chi connectivity index (χ1) is 29.2. The molecule has 60 heavy (non-hydrogen) atoms. The summed E-state index contributed by atoms with van der Waals surface area (Å²) in [5.74, 6) is -2.37. The maximum Gasteiger partial charge on any atom is 0.326 e. The maximum atomic E-state index is 12.3. The summed E-state index contributed by atoms with van der Waals surface area (Å²) in [5.41, 5.74) is 0.